The summed E-state index contributed by atoms with van der Waals surface area (Å²) in [6.45, 7) is 0.390. The van der Waals surface area contributed by atoms with Gasteiger partial charge in [-0.2, -0.15) is 5.10 Å². The van der Waals surface area contributed by atoms with Crippen molar-refractivity contribution in [3.8, 4) is 5.69 Å². The van der Waals surface area contributed by atoms with Gasteiger partial charge >= 0.3 is 5.97 Å². The Hall–Kier alpha value is -3.82. The highest BCUT2D eigenvalue weighted by atomic mass is 32.2. The highest BCUT2D eigenvalue weighted by Gasteiger charge is 2.54. The minimum Gasteiger partial charge on any atom is -0.477 e. The molecule has 12 nitrogen and oxygen atoms in total. The number of carbonyl (C=O) groups excluding carboxylic acids is 2. The number of nitrogen functional groups attached to an aromatic ring is 1. The molecule has 0 unspecified atom stereocenters. The molecule has 3 aromatic rings. The molecule has 4 N–H and O–H groups in total. The molecule has 0 radical (unpaired) electrons. The largest absolute Gasteiger partial charge is 0.477 e. The van der Waals surface area contributed by atoms with Gasteiger partial charge in [-0.25, -0.2) is 14.5 Å². The predicted octanol–water partition coefficient (Wildman–Crippen LogP) is 2.53. The zero-order valence-electron chi connectivity index (χ0n) is 20.8. The number of thiazole rings is 1. The molecule has 2 atom stereocenters. The number of thioether (sulfide) groups is 2. The average molecular weight is 598 g/mol. The Morgan fingerprint density at radius 2 is 2.05 bits per heavy atom. The van der Waals surface area contributed by atoms with E-state index in [4.69, 9.17) is 10.6 Å². The second kappa shape index (κ2) is 11.0. The summed E-state index contributed by atoms with van der Waals surface area (Å²) in [5.74, 6) is -1.62. The van der Waals surface area contributed by atoms with E-state index < -0.39 is 29.2 Å². The number of rotatable bonds is 10. The first-order chi connectivity index (χ1) is 19.4. The Morgan fingerprint density at radius 3 is 2.75 bits per heavy atom. The van der Waals surface area contributed by atoms with Gasteiger partial charge in [0.1, 0.15) is 34.4 Å². The summed E-state index contributed by atoms with van der Waals surface area (Å²) < 4.78 is 1.71. The number of oxime groups is 1. The second-order valence-corrected chi connectivity index (χ2v) is 12.3. The highest BCUT2D eigenvalue weighted by molar-refractivity contribution is 8.06. The monoisotopic (exact) mass is 597 g/mol. The molecule has 0 spiro atoms. The van der Waals surface area contributed by atoms with Crippen molar-refractivity contribution < 1.29 is 24.3 Å². The molecule has 15 heteroatoms. The third-order valence-corrected chi connectivity index (χ3v) is 9.64. The van der Waals surface area contributed by atoms with Crippen molar-refractivity contribution in [1.82, 2.24) is 25.0 Å². The van der Waals surface area contributed by atoms with E-state index in [-0.39, 0.29) is 22.2 Å². The van der Waals surface area contributed by atoms with E-state index in [0.29, 0.717) is 28.2 Å². The standard InChI is InChI=1S/C25H23N7O5S3/c26-25-28-15(11-39-25)18(30-37-10-13-6-7-13)21(33)29-19-22(34)31-20(24(35)36)16(12-38-23(19)31)40-17-8-9-27-32(17)14-4-2-1-3-5-14/h1-5,8-9,11,13,19,23H,6-7,10,12H2,(H2,26,28)(H,29,33)(H,35,36)/b30-18-/t19-,23+/m1/s1. The molecule has 2 amide bonds. The number of nitrogens with zero attached hydrogens (tertiary/aromatic N) is 5. The molecule has 2 aliphatic heterocycles. The summed E-state index contributed by atoms with van der Waals surface area (Å²) in [5, 5.41) is 23.1. The fraction of sp³-hybridized carbons (Fsp3) is 0.280. The molecule has 4 heterocycles. The molecule has 40 heavy (non-hydrogen) atoms. The van der Waals surface area contributed by atoms with Crippen LogP contribution in [-0.2, 0) is 19.2 Å². The number of nitrogens with one attached hydrogen (secondary N) is 1. The van der Waals surface area contributed by atoms with Gasteiger partial charge in [0.15, 0.2) is 10.8 Å². The maximum Gasteiger partial charge on any atom is 0.353 e. The summed E-state index contributed by atoms with van der Waals surface area (Å²) in [6, 6.07) is 10.3. The van der Waals surface area contributed by atoms with Gasteiger partial charge in [0, 0.05) is 16.0 Å². The molecule has 1 aromatic carbocycles. The van der Waals surface area contributed by atoms with E-state index in [1.54, 1.807) is 22.3 Å². The van der Waals surface area contributed by atoms with Crippen LogP contribution in [0.15, 0.2) is 68.8 Å². The Labute approximate surface area is 240 Å². The smallest absolute Gasteiger partial charge is 0.353 e. The number of amides is 2. The van der Waals surface area contributed by atoms with Gasteiger partial charge in [0.2, 0.25) is 0 Å². The highest BCUT2D eigenvalue weighted by Crippen LogP contribution is 2.45. The van der Waals surface area contributed by atoms with E-state index in [2.05, 4.69) is 20.6 Å². The number of carboxylic acids is 1. The van der Waals surface area contributed by atoms with Crippen molar-refractivity contribution >= 4 is 63.5 Å². The number of nitrogens with two attached hydrogens (primary N) is 1. The first kappa shape index (κ1) is 26.4. The number of carbonyl (C=O) groups is 3. The SMILES string of the molecule is Nc1nc(/C(=N/OCC2CC2)C(=O)N[C@@H]2C(=O)N3C(C(=O)O)=C(Sc4ccnn4-c4ccccc4)CS[C@@H]23)cs1. The fourth-order valence-corrected chi connectivity index (χ4v) is 7.31. The summed E-state index contributed by atoms with van der Waals surface area (Å²) in [7, 11) is 0. The van der Waals surface area contributed by atoms with E-state index in [1.807, 2.05) is 30.3 Å². The number of carboxylic acid groups (broad SMARTS) is 1. The van der Waals surface area contributed by atoms with Gasteiger partial charge in [-0.15, -0.1) is 23.1 Å². The van der Waals surface area contributed by atoms with Gasteiger partial charge in [0.05, 0.1) is 11.9 Å². The number of fused-ring (bicyclic) bond motifs is 1. The average Bonchev–Trinajstić information content (AvgIpc) is 3.50. The maximum absolute atomic E-state index is 13.2. The van der Waals surface area contributed by atoms with Gasteiger partial charge < -0.3 is 21.0 Å². The number of benzene rings is 1. The van der Waals surface area contributed by atoms with Crippen LogP contribution in [0.1, 0.15) is 18.5 Å². The predicted molar refractivity (Wildman–Crippen MR) is 151 cm³/mol. The second-order valence-electron chi connectivity index (χ2n) is 9.21. The van der Waals surface area contributed by atoms with Gasteiger partial charge in [0.25, 0.3) is 11.8 Å². The van der Waals surface area contributed by atoms with Crippen LogP contribution < -0.4 is 11.1 Å². The van der Waals surface area contributed by atoms with Crippen LogP contribution in [0.4, 0.5) is 5.13 Å². The number of anilines is 1. The number of para-hydroxylation sites is 1. The van der Waals surface area contributed by atoms with Crippen LogP contribution in [-0.4, -0.2) is 72.0 Å². The van der Waals surface area contributed by atoms with Gasteiger partial charge in [-0.05, 0) is 37.0 Å². The summed E-state index contributed by atoms with van der Waals surface area (Å²) in [4.78, 5) is 50.0. The number of aliphatic carboxylic acids is 1. The number of hydrogen-bond acceptors (Lipinski definition) is 11. The summed E-state index contributed by atoms with van der Waals surface area (Å²) >= 11 is 3.78. The van der Waals surface area contributed by atoms with E-state index >= 15 is 0 Å². The van der Waals surface area contributed by atoms with Crippen LogP contribution in [0.2, 0.25) is 0 Å². The molecular formula is C25H23N7O5S3. The summed E-state index contributed by atoms with van der Waals surface area (Å²) in [5.41, 5.74) is 6.64. The molecule has 1 saturated carbocycles. The maximum atomic E-state index is 13.2. The lowest BCUT2D eigenvalue weighted by molar-refractivity contribution is -0.150. The molecule has 3 aliphatic rings. The van der Waals surface area contributed by atoms with Crippen molar-refractivity contribution in [1.29, 1.82) is 0 Å². The first-order valence-corrected chi connectivity index (χ1v) is 15.1. The zero-order chi connectivity index (χ0) is 27.8. The molecule has 6 rings (SSSR count). The lowest BCUT2D eigenvalue weighted by Gasteiger charge is -2.49. The molecule has 1 saturated heterocycles. The lowest BCUT2D eigenvalue weighted by Crippen LogP contribution is -2.71. The molecule has 206 valence electrons. The molecule has 0 bridgehead atoms. The third-order valence-electron chi connectivity index (χ3n) is 6.40. The van der Waals surface area contributed by atoms with Crippen molar-refractivity contribution in [3.05, 3.63) is 64.3 Å². The molecular weight excluding hydrogens is 575 g/mol. The molecule has 1 aliphatic carbocycles. The fourth-order valence-electron chi connectivity index (χ4n) is 4.23. The van der Waals surface area contributed by atoms with Crippen LogP contribution in [0.5, 0.6) is 0 Å². The quantitative estimate of drug-likeness (QED) is 0.180. The first-order valence-electron chi connectivity index (χ1n) is 12.3. The van der Waals surface area contributed by atoms with Crippen LogP contribution in [0.3, 0.4) is 0 Å². The Bertz CT molecular complexity index is 1530. The Morgan fingerprint density at radius 1 is 1.25 bits per heavy atom. The normalized spacial score (nSPS) is 20.6. The number of β-lactam (4-membered cyclic amide) rings is 1. The number of aromatic nitrogens is 3. The molecule has 2 fully saturated rings. The van der Waals surface area contributed by atoms with Gasteiger partial charge in [-0.1, -0.05) is 35.1 Å². The summed E-state index contributed by atoms with van der Waals surface area (Å²) in [6.07, 6.45) is 3.75. The van der Waals surface area contributed by atoms with E-state index in [1.165, 1.54) is 28.4 Å². The Kier molecular flexibility index (Phi) is 7.25. The van der Waals surface area contributed by atoms with Crippen molar-refractivity contribution in [3.63, 3.8) is 0 Å². The molecule has 2 aromatic heterocycles. The van der Waals surface area contributed by atoms with Crippen LogP contribution >= 0.6 is 34.9 Å². The minimum atomic E-state index is -1.22. The Balaban J connectivity index is 1.20. The minimum absolute atomic E-state index is 0.0833. The van der Waals surface area contributed by atoms with Crippen LogP contribution in [0, 0.1) is 5.92 Å². The van der Waals surface area contributed by atoms with Crippen molar-refractivity contribution in [2.75, 3.05) is 18.1 Å². The van der Waals surface area contributed by atoms with E-state index in [0.717, 1.165) is 29.9 Å². The third kappa shape index (κ3) is 5.19. The topological polar surface area (TPSA) is 165 Å². The lowest BCUT2D eigenvalue weighted by atomic mass is 10.0. The zero-order valence-corrected chi connectivity index (χ0v) is 23.2. The van der Waals surface area contributed by atoms with E-state index in [9.17, 15) is 19.5 Å². The number of hydrogen-bond donors (Lipinski definition) is 3. The van der Waals surface area contributed by atoms with Crippen molar-refractivity contribution in [2.24, 2.45) is 11.1 Å². The van der Waals surface area contributed by atoms with Crippen LogP contribution in [0.25, 0.3) is 5.69 Å². The van der Waals surface area contributed by atoms with Gasteiger partial charge in [-0.3, -0.25) is 14.5 Å². The van der Waals surface area contributed by atoms with Crippen molar-refractivity contribution in [2.45, 2.75) is 29.3 Å².